The second-order valence-electron chi connectivity index (χ2n) is 22.4. The predicted molar refractivity (Wildman–Crippen MR) is 377 cm³/mol. The number of Topliss-reactive ketones (excluding diaryl/α,β-unsaturated/α-hetero) is 2. The number of hydrogen-bond donors (Lipinski definition) is 11. The maximum atomic E-state index is 13.7. The topological polar surface area (TPSA) is 568 Å². The molecule has 0 radical (unpaired) electrons. The van der Waals surface area contributed by atoms with E-state index in [9.17, 15) is 60.0 Å². The van der Waals surface area contributed by atoms with Gasteiger partial charge in [-0.1, -0.05) is 91.1 Å². The number of aromatic nitrogens is 4. The molecular weight excluding hydrogens is 1660 g/mol. The van der Waals surface area contributed by atoms with Gasteiger partial charge in [0.25, 0.3) is 0 Å². The molecule has 4 aromatic carbocycles. The molecule has 107 heavy (non-hydrogen) atoms. The first-order chi connectivity index (χ1) is 50.2. The van der Waals surface area contributed by atoms with Crippen molar-refractivity contribution in [3.63, 3.8) is 0 Å². The molecule has 6 amide bonds. The van der Waals surface area contributed by atoms with Crippen LogP contribution >= 0.6 is 11.8 Å². The van der Waals surface area contributed by atoms with Crippen molar-refractivity contribution in [1.29, 1.82) is 0 Å². The van der Waals surface area contributed by atoms with Gasteiger partial charge in [-0.05, 0) is 139 Å². The molecule has 0 aliphatic rings. The van der Waals surface area contributed by atoms with Crippen molar-refractivity contribution in [1.82, 2.24) is 56.8 Å². The summed E-state index contributed by atoms with van der Waals surface area (Å²) >= 11 is 0.315. The number of carbonyl (C=O) groups is 9. The second kappa shape index (κ2) is 50.6. The Morgan fingerprint density at radius 3 is 1.28 bits per heavy atom. The number of aliphatic hydroxyl groups excluding tert-OH is 2. The molecule has 0 bridgehead atoms. The fraction of sp³-hybridized carbons (Fsp3) is 0.391. The van der Waals surface area contributed by atoms with Gasteiger partial charge in [0.15, 0.2) is 10.9 Å². The maximum absolute atomic E-state index is 13.7. The Kier molecular flexibility index (Phi) is 45.3. The molecule has 2 heterocycles. The van der Waals surface area contributed by atoms with E-state index in [4.69, 9.17) is 48.6 Å². The second-order valence-corrected chi connectivity index (χ2v) is 28.8. The van der Waals surface area contributed by atoms with Crippen LogP contribution in [0.3, 0.4) is 0 Å². The van der Waals surface area contributed by atoms with E-state index in [1.54, 1.807) is 45.8 Å². The summed E-state index contributed by atoms with van der Waals surface area (Å²) in [5, 5.41) is 68.6. The number of nitrogens with two attached hydrogens (primary N) is 2. The summed E-state index contributed by atoms with van der Waals surface area (Å²) in [6.07, 6.45) is 2.49. The standard InChI is InChI=1S/C33H44N8O8S2.C31H42N8O7S2.Na.5O.2Tc/c1-22-5-7-24(8-6-22)28-17-27(40-41(28)25-9-11-26(12-10-25)51(34,48)49)33(36-15-3-13-35-14-4-16-42)29(44)18-37-30(45)19-38-31(46)20-39-32(47)21-50-23(2)43;1-21-4-6-22(7-5-21)26-16-25(38-39(26)23-8-10-24(11-9-23)48(32,45)46)31(34-14-2-12-33-13-3-15-40)27(41)17-35-28(42)18-36-29(43)19-37-30(44)20-47;;;;;;;;/h5-12,17,33,35-36,42H,3-4,13-16,18-21H2,1-2H3,(H,37,45)(H,38,46)(H,39,47)(H2,34,48,49);4-11,16,31,33-34,40H,2-3,12-15,17-20H2,1H3,(H6,32,35,36,37,42,43,44,45,46,47);;;;;;;;/q;;+1;;;;;-1;+4;/p-4/i;;;;;;;;1+1;. The molecule has 577 valence electrons. The molecule has 0 aliphatic carbocycles. The van der Waals surface area contributed by atoms with Crippen molar-refractivity contribution in [2.75, 3.05) is 103 Å². The summed E-state index contributed by atoms with van der Waals surface area (Å²) in [6.45, 7) is 5.80. The predicted octanol–water partition coefficient (Wildman–Crippen LogP) is -3.68. The third-order valence-corrected chi connectivity index (χ3v) is 17.0. The van der Waals surface area contributed by atoms with Crippen LogP contribution in [0, 0.1) is 13.8 Å². The van der Waals surface area contributed by atoms with Gasteiger partial charge in [-0.25, -0.2) is 36.5 Å². The zero-order chi connectivity index (χ0) is 79.0. The number of aryl methyl sites for hydroxylation is 2. The molecule has 43 heteroatoms. The van der Waals surface area contributed by atoms with Gasteiger partial charge in [0.05, 0.1) is 69.3 Å². The minimum absolute atomic E-state index is 0. The number of nitrogens with zero attached hydrogens (tertiary/aromatic N) is 7. The van der Waals surface area contributed by atoms with Crippen LogP contribution in [0.2, 0.25) is 0 Å². The molecule has 0 spiro atoms. The SMILES string of the molecule is CC(=O)SCC(=O)NCC(=O)NCC(=O)NCC(=O)C(NCCCNCCCO)c1cc(-c2ccc(C)cc2)n(-c2ccc(S(N)(=O)=O)cc2)n1.Cc1ccc(-c2cc(C(NCCCNCCCO)C(=O)C[N-]C(=O)C[N-]C(=O)C[N-]C(=O)C[S-])nn2-c2ccc(S(N)(=O)=O)cc2)cc1.[Na+].[O]=[99Tc+4].[O]=[Tc](=[O])(=[O])[O-]. The van der Waals surface area contributed by atoms with Crippen LogP contribution in [0.1, 0.15) is 67.2 Å². The normalized spacial score (nSPS) is 11.6. The summed E-state index contributed by atoms with van der Waals surface area (Å²) in [5.41, 5.74) is 6.57. The third-order valence-electron chi connectivity index (χ3n) is 14.1. The van der Waals surface area contributed by atoms with Gasteiger partial charge >= 0.3 is 81.8 Å². The van der Waals surface area contributed by atoms with Crippen molar-refractivity contribution in [3.05, 3.63) is 148 Å². The van der Waals surface area contributed by atoms with Crippen LogP contribution in [-0.2, 0) is 124 Å². The average molecular weight is 1740 g/mol. The summed E-state index contributed by atoms with van der Waals surface area (Å²) < 4.78 is 93.3. The number of aliphatic hydroxyl groups is 2. The van der Waals surface area contributed by atoms with Gasteiger partial charge in [-0.3, -0.25) is 28.8 Å². The van der Waals surface area contributed by atoms with Crippen LogP contribution in [0.25, 0.3) is 49.8 Å². The van der Waals surface area contributed by atoms with Crippen LogP contribution in [0.4, 0.5) is 0 Å². The van der Waals surface area contributed by atoms with Crippen LogP contribution in [-0.4, -0.2) is 202 Å². The van der Waals surface area contributed by atoms with Gasteiger partial charge in [-0.2, -0.15) is 10.2 Å². The van der Waals surface area contributed by atoms with Gasteiger partial charge < -0.3 is 90.4 Å². The minimum atomic E-state index is -5.94. The number of sulfonamides is 2. The van der Waals surface area contributed by atoms with Crippen molar-refractivity contribution in [2.24, 2.45) is 10.3 Å². The Morgan fingerprint density at radius 2 is 0.907 bits per heavy atom. The van der Waals surface area contributed by atoms with Crippen molar-refractivity contribution in [3.8, 4) is 33.9 Å². The zero-order valence-electron chi connectivity index (χ0n) is 58.6. The molecule has 13 N–H and O–H groups in total. The molecule has 0 saturated heterocycles. The Morgan fingerprint density at radius 1 is 0.551 bits per heavy atom. The van der Waals surface area contributed by atoms with E-state index in [1.807, 2.05) is 62.4 Å². The van der Waals surface area contributed by atoms with Gasteiger partial charge in [0, 0.05) is 49.0 Å². The molecule has 6 rings (SSSR count). The number of amides is 6. The Labute approximate surface area is 663 Å². The van der Waals surface area contributed by atoms with Gasteiger partial charge in [0.2, 0.25) is 37.8 Å². The summed E-state index contributed by atoms with van der Waals surface area (Å²) in [6, 6.07) is 28.5. The third kappa shape index (κ3) is 38.2. The monoisotopic (exact) mass is 1740 g/mol. The zero-order valence-corrected chi connectivity index (χ0v) is 67.6. The molecule has 2 atom stereocenters. The first kappa shape index (κ1) is 95.9. The number of hydrogen-bond acceptors (Lipinski definition) is 28. The fourth-order valence-corrected chi connectivity index (χ4v) is 10.5. The van der Waals surface area contributed by atoms with E-state index in [0.717, 1.165) is 52.9 Å². The Bertz CT molecular complexity index is 4300. The first-order valence-electron chi connectivity index (χ1n) is 31.9. The van der Waals surface area contributed by atoms with Crippen molar-refractivity contribution in [2.45, 2.75) is 68.3 Å². The van der Waals surface area contributed by atoms with Crippen LogP contribution in [0.15, 0.2) is 119 Å². The molecule has 0 fully saturated rings. The number of carbonyl (C=O) groups excluding carboxylic acids is 9. The average Bonchev–Trinajstić information content (AvgIpc) is 1.67. The quantitative estimate of drug-likeness (QED) is 0.0100. The number of thioether (sulfide) groups is 1. The van der Waals surface area contributed by atoms with Crippen molar-refractivity contribution < 1.29 is 152 Å². The van der Waals surface area contributed by atoms with E-state index in [1.165, 1.54) is 31.2 Å². The van der Waals surface area contributed by atoms with E-state index in [-0.39, 0.29) is 75.7 Å². The summed E-state index contributed by atoms with van der Waals surface area (Å²) in [4.78, 5) is 110. The molecule has 2 unspecified atom stereocenters. The number of nitrogens with one attached hydrogen (secondary N) is 7. The summed E-state index contributed by atoms with van der Waals surface area (Å²) in [5.74, 6) is -5.29. The van der Waals surface area contributed by atoms with E-state index >= 15 is 0 Å². The number of rotatable bonds is 41. The van der Waals surface area contributed by atoms with E-state index < -0.39 is 127 Å². The number of benzene rings is 4. The molecule has 6 aromatic rings. The molecule has 36 nitrogen and oxygen atoms in total. The van der Waals surface area contributed by atoms with E-state index in [2.05, 4.69) is 65.8 Å². The fourth-order valence-electron chi connectivity index (χ4n) is 8.94. The number of ketones is 2. The first-order valence-corrected chi connectivity index (χ1v) is 40.3. The number of primary sulfonamides is 2. The van der Waals surface area contributed by atoms with Crippen molar-refractivity contribution >= 4 is 96.6 Å². The molecular formula is C64H82N16NaO20S4Tc2. The van der Waals surface area contributed by atoms with Crippen LogP contribution < -0.4 is 80.9 Å². The Hall–Kier alpha value is -7.13. The van der Waals surface area contributed by atoms with E-state index in [0.29, 0.717) is 99.1 Å². The summed E-state index contributed by atoms with van der Waals surface area (Å²) in [7, 11) is -7.86. The van der Waals surface area contributed by atoms with Gasteiger partial charge in [-0.15, -0.1) is 5.75 Å². The molecule has 0 saturated carbocycles. The molecule has 2 aromatic heterocycles. The molecule has 0 aliphatic heterocycles. The Balaban J connectivity index is 0.000000663. The van der Waals surface area contributed by atoms with Gasteiger partial charge in [0.1, 0.15) is 17.9 Å². The van der Waals surface area contributed by atoms with Crippen LogP contribution in [0.5, 0.6) is 0 Å².